The van der Waals surface area contributed by atoms with Crippen molar-refractivity contribution >= 4 is 11.3 Å². The van der Waals surface area contributed by atoms with Crippen LogP contribution >= 0.6 is 11.3 Å². The number of hydrogen-bond acceptors (Lipinski definition) is 3. The average molecular weight is 226 g/mol. The molecule has 0 spiro atoms. The Labute approximate surface area is 97.1 Å². The molecule has 1 rings (SSSR count). The third-order valence-electron chi connectivity index (χ3n) is 2.47. The van der Waals surface area contributed by atoms with Crippen LogP contribution in [-0.2, 0) is 6.42 Å². The normalized spacial score (nSPS) is 13.5. The highest BCUT2D eigenvalue weighted by molar-refractivity contribution is 7.11. The molecule has 15 heavy (non-hydrogen) atoms. The van der Waals surface area contributed by atoms with Crippen LogP contribution in [0.1, 0.15) is 36.3 Å². The quantitative estimate of drug-likeness (QED) is 0.835. The van der Waals surface area contributed by atoms with Gasteiger partial charge in [-0.05, 0) is 26.3 Å². The molecule has 2 nitrogen and oxygen atoms in total. The molecule has 1 unspecified atom stereocenters. The Hall–Kier alpha value is -0.410. The zero-order valence-corrected chi connectivity index (χ0v) is 11.2. The van der Waals surface area contributed by atoms with Gasteiger partial charge in [0.2, 0.25) is 0 Å². The third-order valence-corrected chi connectivity index (χ3v) is 3.57. The summed E-state index contributed by atoms with van der Waals surface area (Å²) in [5, 5.41) is 4.74. The Kier molecular flexibility index (Phi) is 4.74. The van der Waals surface area contributed by atoms with E-state index in [1.54, 1.807) is 0 Å². The molecule has 86 valence electrons. The number of aryl methyl sites for hydroxylation is 2. The summed E-state index contributed by atoms with van der Waals surface area (Å²) < 4.78 is 0. The van der Waals surface area contributed by atoms with E-state index >= 15 is 0 Å². The molecule has 1 atom stereocenters. The lowest BCUT2D eigenvalue weighted by Crippen LogP contribution is -2.28. The van der Waals surface area contributed by atoms with Crippen molar-refractivity contribution in [3.8, 4) is 0 Å². The molecule has 1 aromatic heterocycles. The minimum Gasteiger partial charge on any atom is -0.314 e. The maximum absolute atomic E-state index is 4.57. The van der Waals surface area contributed by atoms with E-state index in [-0.39, 0.29) is 0 Å². The first-order chi connectivity index (χ1) is 6.99. The van der Waals surface area contributed by atoms with Crippen LogP contribution in [0.5, 0.6) is 0 Å². The van der Waals surface area contributed by atoms with E-state index in [4.69, 9.17) is 0 Å². The summed E-state index contributed by atoms with van der Waals surface area (Å²) in [7, 11) is 0. The molecular formula is C12H22N2S. The maximum Gasteiger partial charge on any atom is 0.0934 e. The van der Waals surface area contributed by atoms with Gasteiger partial charge in [-0.15, -0.1) is 11.3 Å². The summed E-state index contributed by atoms with van der Waals surface area (Å²) >= 11 is 1.84. The second-order valence-electron chi connectivity index (χ2n) is 4.62. The van der Waals surface area contributed by atoms with Crippen molar-refractivity contribution in [2.75, 3.05) is 6.54 Å². The van der Waals surface area contributed by atoms with Gasteiger partial charge in [0, 0.05) is 17.3 Å². The highest BCUT2D eigenvalue weighted by atomic mass is 32.1. The first kappa shape index (κ1) is 12.7. The van der Waals surface area contributed by atoms with Gasteiger partial charge in [-0.3, -0.25) is 0 Å². The largest absolute Gasteiger partial charge is 0.314 e. The van der Waals surface area contributed by atoms with Gasteiger partial charge in [0.05, 0.1) is 10.7 Å². The van der Waals surface area contributed by atoms with Gasteiger partial charge in [-0.25, -0.2) is 4.98 Å². The van der Waals surface area contributed by atoms with E-state index < -0.39 is 0 Å². The molecule has 0 aliphatic heterocycles. The standard InChI is InChI=1S/C12H22N2S/c1-8(2)13-7-9(3)6-12-14-10(4)11(5)15-12/h8-9,13H,6-7H2,1-5H3. The molecule has 1 aromatic rings. The number of nitrogens with one attached hydrogen (secondary N) is 1. The highest BCUT2D eigenvalue weighted by Gasteiger charge is 2.09. The van der Waals surface area contributed by atoms with Crippen molar-refractivity contribution in [1.82, 2.24) is 10.3 Å². The highest BCUT2D eigenvalue weighted by Crippen LogP contribution is 2.19. The Balaban J connectivity index is 2.40. The van der Waals surface area contributed by atoms with Crippen molar-refractivity contribution < 1.29 is 0 Å². The van der Waals surface area contributed by atoms with Gasteiger partial charge in [0.25, 0.3) is 0 Å². The molecule has 0 saturated carbocycles. The van der Waals surface area contributed by atoms with Crippen molar-refractivity contribution in [3.05, 3.63) is 15.6 Å². The zero-order chi connectivity index (χ0) is 11.4. The molecular weight excluding hydrogens is 204 g/mol. The number of nitrogens with zero attached hydrogens (tertiary/aromatic N) is 1. The number of hydrogen-bond donors (Lipinski definition) is 1. The molecule has 0 aliphatic rings. The lowest BCUT2D eigenvalue weighted by molar-refractivity contribution is 0.475. The number of aromatic nitrogens is 1. The van der Waals surface area contributed by atoms with Crippen LogP contribution in [0.3, 0.4) is 0 Å². The van der Waals surface area contributed by atoms with E-state index in [1.807, 2.05) is 11.3 Å². The third kappa shape index (κ3) is 4.31. The molecule has 1 N–H and O–H groups in total. The Morgan fingerprint density at radius 1 is 1.27 bits per heavy atom. The predicted octanol–water partition coefficient (Wildman–Crippen LogP) is 2.94. The van der Waals surface area contributed by atoms with Crippen LogP contribution in [0.15, 0.2) is 0 Å². The van der Waals surface area contributed by atoms with Crippen LogP contribution in [-0.4, -0.2) is 17.6 Å². The van der Waals surface area contributed by atoms with E-state index in [9.17, 15) is 0 Å². The van der Waals surface area contributed by atoms with Gasteiger partial charge in [0.15, 0.2) is 0 Å². The van der Waals surface area contributed by atoms with Gasteiger partial charge in [-0.1, -0.05) is 20.8 Å². The number of rotatable bonds is 5. The lowest BCUT2D eigenvalue weighted by Gasteiger charge is -2.13. The summed E-state index contributed by atoms with van der Waals surface area (Å²) in [6, 6.07) is 0.576. The number of thiazole rings is 1. The van der Waals surface area contributed by atoms with Crippen LogP contribution < -0.4 is 5.32 Å². The Morgan fingerprint density at radius 2 is 1.93 bits per heavy atom. The fourth-order valence-electron chi connectivity index (χ4n) is 1.43. The van der Waals surface area contributed by atoms with Crippen molar-refractivity contribution in [3.63, 3.8) is 0 Å². The van der Waals surface area contributed by atoms with Gasteiger partial charge < -0.3 is 5.32 Å². The summed E-state index contributed by atoms with van der Waals surface area (Å²) in [6.45, 7) is 12.0. The van der Waals surface area contributed by atoms with Crippen LogP contribution in [0.2, 0.25) is 0 Å². The topological polar surface area (TPSA) is 24.9 Å². The van der Waals surface area contributed by atoms with Crippen LogP contribution in [0.25, 0.3) is 0 Å². The molecule has 0 radical (unpaired) electrons. The minimum absolute atomic E-state index is 0.576. The van der Waals surface area contributed by atoms with Gasteiger partial charge >= 0.3 is 0 Å². The second-order valence-corrected chi connectivity index (χ2v) is 5.91. The summed E-state index contributed by atoms with van der Waals surface area (Å²) in [5.41, 5.74) is 1.19. The van der Waals surface area contributed by atoms with E-state index in [1.165, 1.54) is 15.6 Å². The Bertz CT molecular complexity index is 285. The van der Waals surface area contributed by atoms with E-state index in [2.05, 4.69) is 44.9 Å². The molecule has 0 saturated heterocycles. The molecule has 0 aromatic carbocycles. The zero-order valence-electron chi connectivity index (χ0n) is 10.4. The summed E-state index contributed by atoms with van der Waals surface area (Å²) in [5.74, 6) is 0.664. The monoisotopic (exact) mass is 226 g/mol. The van der Waals surface area contributed by atoms with Crippen molar-refractivity contribution in [2.45, 2.75) is 47.1 Å². The maximum atomic E-state index is 4.57. The van der Waals surface area contributed by atoms with E-state index in [0.29, 0.717) is 12.0 Å². The van der Waals surface area contributed by atoms with Crippen molar-refractivity contribution in [1.29, 1.82) is 0 Å². The fraction of sp³-hybridized carbons (Fsp3) is 0.750. The average Bonchev–Trinajstić information content (AvgIpc) is 2.42. The molecule has 0 aliphatic carbocycles. The predicted molar refractivity (Wildman–Crippen MR) is 67.6 cm³/mol. The molecule has 1 heterocycles. The Morgan fingerprint density at radius 3 is 2.40 bits per heavy atom. The first-order valence-corrected chi connectivity index (χ1v) is 6.47. The molecule has 0 fully saturated rings. The summed E-state index contributed by atoms with van der Waals surface area (Å²) in [6.07, 6.45) is 1.10. The van der Waals surface area contributed by atoms with Crippen molar-refractivity contribution in [2.24, 2.45) is 5.92 Å². The smallest absolute Gasteiger partial charge is 0.0934 e. The lowest BCUT2D eigenvalue weighted by atomic mass is 10.1. The van der Waals surface area contributed by atoms with Gasteiger partial charge in [-0.2, -0.15) is 0 Å². The molecule has 3 heteroatoms. The van der Waals surface area contributed by atoms with Crippen LogP contribution in [0, 0.1) is 19.8 Å². The molecule has 0 bridgehead atoms. The molecule has 0 amide bonds. The van der Waals surface area contributed by atoms with Gasteiger partial charge in [0.1, 0.15) is 0 Å². The fourth-order valence-corrected chi connectivity index (χ4v) is 2.53. The second kappa shape index (κ2) is 5.61. The van der Waals surface area contributed by atoms with E-state index in [0.717, 1.165) is 13.0 Å². The summed E-state index contributed by atoms with van der Waals surface area (Å²) in [4.78, 5) is 5.92. The van der Waals surface area contributed by atoms with Crippen LogP contribution in [0.4, 0.5) is 0 Å². The SMILES string of the molecule is Cc1nc(CC(C)CNC(C)C)sc1C. The first-order valence-electron chi connectivity index (χ1n) is 5.65. The minimum atomic E-state index is 0.576.